The van der Waals surface area contributed by atoms with Gasteiger partial charge in [-0.05, 0) is 66.9 Å². The van der Waals surface area contributed by atoms with Crippen LogP contribution < -0.4 is 19.7 Å². The van der Waals surface area contributed by atoms with Crippen LogP contribution in [0.25, 0.3) is 5.57 Å². The van der Waals surface area contributed by atoms with Crippen LogP contribution in [0.5, 0.6) is 11.5 Å². The molecular formula is C26H23ClN2O4. The lowest BCUT2D eigenvalue weighted by molar-refractivity contribution is -0.120. The lowest BCUT2D eigenvalue weighted by Crippen LogP contribution is -2.32. The first-order valence-corrected chi connectivity index (χ1v) is 10.7. The van der Waals surface area contributed by atoms with Gasteiger partial charge in [0.2, 0.25) is 0 Å². The zero-order valence-corrected chi connectivity index (χ0v) is 19.5. The monoisotopic (exact) mass is 462 g/mol. The van der Waals surface area contributed by atoms with Gasteiger partial charge in [-0.15, -0.1) is 0 Å². The van der Waals surface area contributed by atoms with Crippen molar-refractivity contribution in [1.82, 2.24) is 0 Å². The van der Waals surface area contributed by atoms with E-state index in [0.717, 1.165) is 16.0 Å². The summed E-state index contributed by atoms with van der Waals surface area (Å²) >= 11 is 6.29. The Bertz CT molecular complexity index is 1280. The normalized spacial score (nSPS) is 13.5. The molecule has 0 bridgehead atoms. The minimum absolute atomic E-state index is 0.158. The first-order valence-electron chi connectivity index (χ1n) is 10.3. The highest BCUT2D eigenvalue weighted by atomic mass is 35.5. The van der Waals surface area contributed by atoms with Gasteiger partial charge in [0, 0.05) is 5.02 Å². The third kappa shape index (κ3) is 4.17. The zero-order chi connectivity index (χ0) is 23.7. The Labute approximate surface area is 197 Å². The number of ether oxygens (including phenoxy) is 2. The smallest absolute Gasteiger partial charge is 0.282 e. The van der Waals surface area contributed by atoms with Crippen LogP contribution in [0.1, 0.15) is 16.7 Å². The number of aryl methyl sites for hydroxylation is 2. The molecule has 1 aliphatic rings. The van der Waals surface area contributed by atoms with Gasteiger partial charge in [0.25, 0.3) is 11.8 Å². The third-order valence-electron chi connectivity index (χ3n) is 5.49. The van der Waals surface area contributed by atoms with Crippen LogP contribution in [0.4, 0.5) is 11.4 Å². The maximum absolute atomic E-state index is 13.6. The Kier molecular flexibility index (Phi) is 6.11. The lowest BCUT2D eigenvalue weighted by Gasteiger charge is -2.17. The molecule has 2 amide bonds. The molecule has 6 nitrogen and oxygen atoms in total. The summed E-state index contributed by atoms with van der Waals surface area (Å²) in [7, 11) is 3.12. The van der Waals surface area contributed by atoms with E-state index < -0.39 is 11.8 Å². The van der Waals surface area contributed by atoms with Gasteiger partial charge in [-0.3, -0.25) is 9.59 Å². The first-order chi connectivity index (χ1) is 15.8. The van der Waals surface area contributed by atoms with Crippen LogP contribution >= 0.6 is 11.6 Å². The molecule has 7 heteroatoms. The fraction of sp³-hybridized carbons (Fsp3) is 0.154. The van der Waals surface area contributed by atoms with Crippen LogP contribution in [0.2, 0.25) is 5.02 Å². The number of amides is 2. The molecule has 0 spiro atoms. The van der Waals surface area contributed by atoms with Gasteiger partial charge in [0.15, 0.2) is 0 Å². The average Bonchev–Trinajstić information content (AvgIpc) is 3.05. The summed E-state index contributed by atoms with van der Waals surface area (Å²) in [5.74, 6) is 0.279. The van der Waals surface area contributed by atoms with Gasteiger partial charge in [-0.2, -0.15) is 0 Å². The topological polar surface area (TPSA) is 67.9 Å². The molecule has 0 aliphatic carbocycles. The van der Waals surface area contributed by atoms with Crippen molar-refractivity contribution >= 4 is 40.4 Å². The largest absolute Gasteiger partial charge is 0.497 e. The summed E-state index contributed by atoms with van der Waals surface area (Å²) in [6, 6.07) is 17.7. The van der Waals surface area contributed by atoms with Crippen molar-refractivity contribution in [2.45, 2.75) is 13.8 Å². The van der Waals surface area contributed by atoms with Crippen molar-refractivity contribution in [1.29, 1.82) is 0 Å². The third-order valence-corrected chi connectivity index (χ3v) is 5.90. The summed E-state index contributed by atoms with van der Waals surface area (Å²) in [5, 5.41) is 3.64. The summed E-state index contributed by atoms with van der Waals surface area (Å²) in [6.07, 6.45) is 0. The number of halogens is 1. The van der Waals surface area contributed by atoms with E-state index in [1.807, 2.05) is 32.0 Å². The number of hydrogen-bond acceptors (Lipinski definition) is 5. The quantitative estimate of drug-likeness (QED) is 0.499. The molecule has 0 saturated heterocycles. The minimum atomic E-state index is -0.478. The van der Waals surface area contributed by atoms with Crippen molar-refractivity contribution in [2.75, 3.05) is 24.4 Å². The molecule has 0 atom stereocenters. The number of carbonyl (C=O) groups is 2. The number of methoxy groups -OCH3 is 2. The fourth-order valence-electron chi connectivity index (χ4n) is 3.68. The molecule has 0 saturated carbocycles. The summed E-state index contributed by atoms with van der Waals surface area (Å²) < 4.78 is 10.7. The van der Waals surface area contributed by atoms with Crippen molar-refractivity contribution < 1.29 is 19.1 Å². The maximum atomic E-state index is 13.6. The standard InChI is InChI=1S/C26H23ClN2O4/c1-15-5-12-22(33-4)21(13-15)28-24-23(17-7-10-19(32-3)11-8-17)25(30)29(26(24)31)18-9-6-16(2)20(27)14-18/h5-14,28H,1-4H3. The van der Waals surface area contributed by atoms with Gasteiger partial charge < -0.3 is 14.8 Å². The Morgan fingerprint density at radius 3 is 2.21 bits per heavy atom. The van der Waals surface area contributed by atoms with Crippen LogP contribution in [-0.4, -0.2) is 26.0 Å². The van der Waals surface area contributed by atoms with Crippen molar-refractivity contribution in [3.8, 4) is 11.5 Å². The highest BCUT2D eigenvalue weighted by molar-refractivity contribution is 6.46. The summed E-state index contributed by atoms with van der Waals surface area (Å²) in [4.78, 5) is 28.3. The Balaban J connectivity index is 1.85. The van der Waals surface area contributed by atoms with Gasteiger partial charge in [0.1, 0.15) is 17.2 Å². The number of nitrogens with one attached hydrogen (secondary N) is 1. The van der Waals surface area contributed by atoms with Crippen molar-refractivity contribution in [3.63, 3.8) is 0 Å². The Morgan fingerprint density at radius 2 is 1.58 bits per heavy atom. The van der Waals surface area contributed by atoms with E-state index in [-0.39, 0.29) is 11.3 Å². The minimum Gasteiger partial charge on any atom is -0.497 e. The Morgan fingerprint density at radius 1 is 0.848 bits per heavy atom. The van der Waals surface area contributed by atoms with E-state index in [9.17, 15) is 9.59 Å². The molecule has 1 heterocycles. The molecular weight excluding hydrogens is 440 g/mol. The van der Waals surface area contributed by atoms with Crippen LogP contribution in [0, 0.1) is 13.8 Å². The number of rotatable bonds is 6. The van der Waals surface area contributed by atoms with Gasteiger partial charge in [-0.25, -0.2) is 4.90 Å². The van der Waals surface area contributed by atoms with Gasteiger partial charge in [0.05, 0.1) is 31.2 Å². The van der Waals surface area contributed by atoms with E-state index in [1.165, 1.54) is 0 Å². The number of hydrogen-bond donors (Lipinski definition) is 1. The SMILES string of the molecule is COc1ccc(C2=C(Nc3cc(C)ccc3OC)C(=O)N(c3ccc(C)c(Cl)c3)C2=O)cc1. The molecule has 4 rings (SSSR count). The van der Waals surface area contributed by atoms with Crippen LogP contribution in [0.3, 0.4) is 0 Å². The van der Waals surface area contributed by atoms with Crippen molar-refractivity contribution in [2.24, 2.45) is 0 Å². The molecule has 3 aromatic carbocycles. The second kappa shape index (κ2) is 9.00. The molecule has 0 unspecified atom stereocenters. The lowest BCUT2D eigenvalue weighted by atomic mass is 10.0. The van der Waals surface area contributed by atoms with Crippen molar-refractivity contribution in [3.05, 3.63) is 88.1 Å². The predicted octanol–water partition coefficient (Wildman–Crippen LogP) is 5.37. The second-order valence-electron chi connectivity index (χ2n) is 7.69. The number of nitrogens with zero attached hydrogens (tertiary/aromatic N) is 1. The highest BCUT2D eigenvalue weighted by Gasteiger charge is 2.40. The van der Waals surface area contributed by atoms with E-state index >= 15 is 0 Å². The first kappa shape index (κ1) is 22.4. The molecule has 168 valence electrons. The van der Waals surface area contributed by atoms with E-state index in [0.29, 0.717) is 33.5 Å². The number of imide groups is 1. The Hall–Kier alpha value is -3.77. The number of anilines is 2. The van der Waals surface area contributed by atoms with Crippen LogP contribution in [-0.2, 0) is 9.59 Å². The van der Waals surface area contributed by atoms with E-state index in [2.05, 4.69) is 5.32 Å². The summed E-state index contributed by atoms with van der Waals surface area (Å²) in [5.41, 5.74) is 3.82. The van der Waals surface area contributed by atoms with Gasteiger partial charge >= 0.3 is 0 Å². The fourth-order valence-corrected chi connectivity index (χ4v) is 3.86. The van der Waals surface area contributed by atoms with Gasteiger partial charge in [-0.1, -0.05) is 35.9 Å². The molecule has 0 radical (unpaired) electrons. The zero-order valence-electron chi connectivity index (χ0n) is 18.7. The predicted molar refractivity (Wildman–Crippen MR) is 130 cm³/mol. The maximum Gasteiger partial charge on any atom is 0.282 e. The molecule has 0 aromatic heterocycles. The molecule has 3 aromatic rings. The second-order valence-corrected chi connectivity index (χ2v) is 8.09. The molecule has 0 fully saturated rings. The number of carbonyl (C=O) groups excluding carboxylic acids is 2. The summed E-state index contributed by atoms with van der Waals surface area (Å²) in [6.45, 7) is 3.80. The highest BCUT2D eigenvalue weighted by Crippen LogP contribution is 2.37. The molecule has 1 N–H and O–H groups in total. The molecule has 1 aliphatic heterocycles. The molecule has 33 heavy (non-hydrogen) atoms. The van der Waals surface area contributed by atoms with E-state index in [4.69, 9.17) is 21.1 Å². The van der Waals surface area contributed by atoms with Crippen LogP contribution in [0.15, 0.2) is 66.4 Å². The number of benzene rings is 3. The van der Waals surface area contributed by atoms with E-state index in [1.54, 1.807) is 56.7 Å². The average molecular weight is 463 g/mol.